The van der Waals surface area contributed by atoms with E-state index in [1.165, 1.54) is 11.3 Å². The lowest BCUT2D eigenvalue weighted by molar-refractivity contribution is -0.116. The van der Waals surface area contributed by atoms with E-state index in [9.17, 15) is 4.79 Å². The van der Waals surface area contributed by atoms with E-state index in [1.54, 1.807) is 0 Å². The Labute approximate surface area is 147 Å². The van der Waals surface area contributed by atoms with Gasteiger partial charge in [-0.15, -0.1) is 0 Å². The van der Waals surface area contributed by atoms with Gasteiger partial charge in [0.15, 0.2) is 5.78 Å². The van der Waals surface area contributed by atoms with Gasteiger partial charge in [-0.3, -0.25) is 4.79 Å². The van der Waals surface area contributed by atoms with E-state index in [-0.39, 0.29) is 0 Å². The van der Waals surface area contributed by atoms with Crippen LogP contribution in [-0.4, -0.2) is 24.8 Å². The zero-order valence-electron chi connectivity index (χ0n) is 15.4. The number of benzene rings is 1. The highest BCUT2D eigenvalue weighted by Gasteiger charge is 2.37. The predicted octanol–water partition coefficient (Wildman–Crippen LogP) is 5.16. The summed E-state index contributed by atoms with van der Waals surface area (Å²) < 4.78 is 0. The van der Waals surface area contributed by atoms with Gasteiger partial charge in [-0.2, -0.15) is 0 Å². The van der Waals surface area contributed by atoms with Crippen LogP contribution < -0.4 is 0 Å². The summed E-state index contributed by atoms with van der Waals surface area (Å²) in [5, 5.41) is 0. The minimum absolute atomic E-state index is 0.324. The van der Waals surface area contributed by atoms with Crippen LogP contribution in [0.1, 0.15) is 31.7 Å². The van der Waals surface area contributed by atoms with Crippen LogP contribution in [0.2, 0.25) is 25.2 Å². The van der Waals surface area contributed by atoms with Crippen molar-refractivity contribution in [3.63, 3.8) is 0 Å². The van der Waals surface area contributed by atoms with Crippen LogP contribution in [0.25, 0.3) is 0 Å². The molecule has 0 fully saturated rings. The molecule has 2 atom stereocenters. The van der Waals surface area contributed by atoms with Crippen molar-refractivity contribution in [2.24, 2.45) is 0 Å². The van der Waals surface area contributed by atoms with Crippen molar-refractivity contribution in [3.8, 4) is 0 Å². The first-order valence-electron chi connectivity index (χ1n) is 9.13. The Morgan fingerprint density at radius 2 is 1.88 bits per heavy atom. The highest BCUT2D eigenvalue weighted by molar-refractivity contribution is 6.77. The van der Waals surface area contributed by atoms with Crippen molar-refractivity contribution in [1.29, 1.82) is 0 Å². The maximum atomic E-state index is 12.4. The molecule has 0 radical (unpaired) electrons. The van der Waals surface area contributed by atoms with Gasteiger partial charge in [0.1, 0.15) is 0 Å². The Morgan fingerprint density at radius 1 is 1.17 bits per heavy atom. The summed E-state index contributed by atoms with van der Waals surface area (Å²) in [6.07, 6.45) is 7.15. The van der Waals surface area contributed by atoms with E-state index in [2.05, 4.69) is 73.9 Å². The van der Waals surface area contributed by atoms with Crippen LogP contribution >= 0.6 is 0 Å². The summed E-state index contributed by atoms with van der Waals surface area (Å²) in [6.45, 7) is 10.6. The minimum Gasteiger partial charge on any atom is -0.363 e. The molecule has 0 bridgehead atoms. The third-order valence-electron chi connectivity index (χ3n) is 5.67. The molecular weight excluding hydrogens is 310 g/mol. The smallest absolute Gasteiger partial charge is 0.164 e. The molecule has 0 unspecified atom stereocenters. The Kier molecular flexibility index (Phi) is 4.82. The lowest BCUT2D eigenvalue weighted by Gasteiger charge is -2.45. The van der Waals surface area contributed by atoms with Crippen LogP contribution in [0.4, 0.5) is 0 Å². The molecule has 1 aromatic rings. The molecule has 1 aromatic carbocycles. The summed E-state index contributed by atoms with van der Waals surface area (Å²) in [5.41, 5.74) is 4.22. The third-order valence-corrected chi connectivity index (χ3v) is 8.74. The Hall–Kier alpha value is -1.61. The molecule has 0 saturated carbocycles. The van der Waals surface area contributed by atoms with E-state index in [4.69, 9.17) is 0 Å². The van der Waals surface area contributed by atoms with Crippen molar-refractivity contribution in [3.05, 3.63) is 59.3 Å². The normalized spacial score (nSPS) is 22.6. The molecule has 0 saturated heterocycles. The molecule has 1 heterocycles. The first-order chi connectivity index (χ1) is 11.4. The highest BCUT2D eigenvalue weighted by atomic mass is 28.3. The second-order valence-corrected chi connectivity index (χ2v) is 13.9. The fourth-order valence-corrected chi connectivity index (χ4v) is 5.06. The fraction of sp³-hybridized carbons (Fsp3) is 0.476. The number of ketones is 1. The average Bonchev–Trinajstić information content (AvgIpc) is 2.55. The maximum Gasteiger partial charge on any atom is 0.164 e. The maximum absolute atomic E-state index is 12.4. The SMILES string of the molecule is C[C@H]([C@@H]1C=CC2=C(CCCC2=O)N1Cc1ccccc1)[Si](C)(C)C. The zero-order chi connectivity index (χ0) is 17.3. The van der Waals surface area contributed by atoms with Gasteiger partial charge in [0.05, 0.1) is 0 Å². The minimum atomic E-state index is -1.28. The molecule has 1 aliphatic carbocycles. The van der Waals surface area contributed by atoms with E-state index in [0.717, 1.165) is 25.0 Å². The molecular formula is C21H29NOSi. The molecule has 1 aliphatic heterocycles. The number of allylic oxidation sites excluding steroid dienone is 3. The van der Waals surface area contributed by atoms with Gasteiger partial charge in [-0.25, -0.2) is 0 Å². The van der Waals surface area contributed by atoms with E-state index < -0.39 is 8.07 Å². The number of hydrogen-bond donors (Lipinski definition) is 0. The van der Waals surface area contributed by atoms with E-state index in [1.807, 2.05) is 0 Å². The molecule has 128 valence electrons. The van der Waals surface area contributed by atoms with Gasteiger partial charge in [0, 0.05) is 38.4 Å². The summed E-state index contributed by atoms with van der Waals surface area (Å²) in [4.78, 5) is 14.9. The third kappa shape index (κ3) is 3.41. The lowest BCUT2D eigenvalue weighted by Crippen LogP contribution is -2.45. The highest BCUT2D eigenvalue weighted by Crippen LogP contribution is 2.39. The van der Waals surface area contributed by atoms with Crippen molar-refractivity contribution in [2.75, 3.05) is 0 Å². The van der Waals surface area contributed by atoms with Gasteiger partial charge in [-0.1, -0.05) is 69.0 Å². The number of hydrogen-bond acceptors (Lipinski definition) is 2. The van der Waals surface area contributed by atoms with Crippen LogP contribution in [0.5, 0.6) is 0 Å². The number of nitrogens with zero attached hydrogens (tertiary/aromatic N) is 1. The average molecular weight is 340 g/mol. The summed E-state index contributed by atoms with van der Waals surface area (Å²) in [6, 6.07) is 11.1. The monoisotopic (exact) mass is 339 g/mol. The van der Waals surface area contributed by atoms with Crippen LogP contribution in [0.15, 0.2) is 53.8 Å². The molecule has 2 nitrogen and oxygen atoms in total. The Balaban J connectivity index is 1.98. The first-order valence-corrected chi connectivity index (χ1v) is 12.7. The lowest BCUT2D eigenvalue weighted by atomic mass is 9.89. The second-order valence-electron chi connectivity index (χ2n) is 8.26. The molecule has 0 amide bonds. The number of carbonyl (C=O) groups is 1. The predicted molar refractivity (Wildman–Crippen MR) is 104 cm³/mol. The van der Waals surface area contributed by atoms with Crippen LogP contribution in [0, 0.1) is 0 Å². The van der Waals surface area contributed by atoms with Crippen molar-refractivity contribution >= 4 is 13.9 Å². The van der Waals surface area contributed by atoms with Gasteiger partial charge in [-0.05, 0) is 23.9 Å². The molecule has 3 heteroatoms. The van der Waals surface area contributed by atoms with Gasteiger partial charge in [0.2, 0.25) is 0 Å². The molecule has 3 rings (SSSR count). The topological polar surface area (TPSA) is 20.3 Å². The second kappa shape index (κ2) is 6.71. The molecule has 0 aromatic heterocycles. The summed E-state index contributed by atoms with van der Waals surface area (Å²) in [7, 11) is -1.28. The van der Waals surface area contributed by atoms with Gasteiger partial charge >= 0.3 is 0 Å². The van der Waals surface area contributed by atoms with E-state index >= 15 is 0 Å². The first kappa shape index (κ1) is 17.2. The number of rotatable bonds is 4. The quantitative estimate of drug-likeness (QED) is 0.706. The van der Waals surface area contributed by atoms with E-state index in [0.29, 0.717) is 23.8 Å². The molecule has 2 aliphatic rings. The summed E-state index contributed by atoms with van der Waals surface area (Å²) >= 11 is 0. The van der Waals surface area contributed by atoms with Crippen molar-refractivity contribution in [2.45, 2.75) is 64.0 Å². The molecule has 24 heavy (non-hydrogen) atoms. The van der Waals surface area contributed by atoms with Crippen LogP contribution in [0.3, 0.4) is 0 Å². The molecule has 0 spiro atoms. The van der Waals surface area contributed by atoms with Crippen molar-refractivity contribution < 1.29 is 4.79 Å². The Bertz CT molecular complexity index is 669. The fourth-order valence-electron chi connectivity index (χ4n) is 3.74. The molecule has 0 N–H and O–H groups in total. The van der Waals surface area contributed by atoms with Gasteiger partial charge < -0.3 is 4.90 Å². The Morgan fingerprint density at radius 3 is 2.54 bits per heavy atom. The van der Waals surface area contributed by atoms with Crippen LogP contribution in [-0.2, 0) is 11.3 Å². The van der Waals surface area contributed by atoms with Gasteiger partial charge in [0.25, 0.3) is 0 Å². The standard InChI is InChI=1S/C21H29NOSi/c1-16(24(2,3)4)19-14-13-18-20(11-8-12-21(18)23)22(19)15-17-9-6-5-7-10-17/h5-7,9-10,13-14,16,19H,8,11-12,15H2,1-4H3/t16-,19+/m1/s1. The number of carbonyl (C=O) groups excluding carboxylic acids is 1. The largest absolute Gasteiger partial charge is 0.363 e. The summed E-state index contributed by atoms with van der Waals surface area (Å²) in [5.74, 6) is 0.324. The zero-order valence-corrected chi connectivity index (χ0v) is 16.4. The van der Waals surface area contributed by atoms with Crippen molar-refractivity contribution in [1.82, 2.24) is 4.90 Å². The number of Topliss-reactive ketones (excluding diaryl/α,β-unsaturated/α-hetero) is 1.